The first-order valence-electron chi connectivity index (χ1n) is 14.9. The Morgan fingerprint density at radius 1 is 1.07 bits per heavy atom. The Hall–Kier alpha value is -3.32. The smallest absolute Gasteiger partial charge is 0.306 e. The molecule has 1 aliphatic carbocycles. The van der Waals surface area contributed by atoms with Crippen molar-refractivity contribution in [2.24, 2.45) is 5.92 Å². The summed E-state index contributed by atoms with van der Waals surface area (Å²) >= 11 is 6.69. The first-order valence-corrected chi connectivity index (χ1v) is 16.1. The Bertz CT molecular complexity index is 1410. The first-order chi connectivity index (χ1) is 21.3. The highest BCUT2D eigenvalue weighted by Gasteiger charge is 2.33. The van der Waals surface area contributed by atoms with E-state index in [1.54, 1.807) is 18.2 Å². The number of thioether (sulfide) groups is 1. The van der Waals surface area contributed by atoms with Gasteiger partial charge in [0.25, 0.3) is 5.91 Å². The number of thiocarbonyl (C=S) groups is 1. The number of carbonyl (C=O) groups excluding carboxylic acids is 2. The number of morpholine rings is 1. The van der Waals surface area contributed by atoms with Crippen LogP contribution in [0.25, 0.3) is 17.2 Å². The zero-order chi connectivity index (χ0) is 31.1. The van der Waals surface area contributed by atoms with Crippen molar-refractivity contribution in [2.45, 2.75) is 38.1 Å². The Morgan fingerprint density at radius 2 is 1.77 bits per heavy atom. The van der Waals surface area contributed by atoms with Gasteiger partial charge in [0.1, 0.15) is 22.5 Å². The molecule has 3 fully saturated rings. The number of rotatable bonds is 11. The van der Waals surface area contributed by atoms with E-state index in [2.05, 4.69) is 10.2 Å². The highest BCUT2D eigenvalue weighted by atomic mass is 32.2. The van der Waals surface area contributed by atoms with Crippen LogP contribution in [0.1, 0.15) is 37.7 Å². The third kappa shape index (κ3) is 8.44. The zero-order valence-corrected chi connectivity index (χ0v) is 26.0. The lowest BCUT2D eigenvalue weighted by atomic mass is 9.86. The van der Waals surface area contributed by atoms with E-state index in [0.29, 0.717) is 66.0 Å². The number of carboxylic acids is 1. The molecule has 1 saturated carbocycles. The lowest BCUT2D eigenvalue weighted by Crippen LogP contribution is -2.40. The summed E-state index contributed by atoms with van der Waals surface area (Å²) in [4.78, 5) is 41.4. The van der Waals surface area contributed by atoms with E-state index in [-0.39, 0.29) is 42.6 Å². The van der Waals surface area contributed by atoms with Crippen molar-refractivity contribution in [1.29, 1.82) is 0 Å². The van der Waals surface area contributed by atoms with Crippen LogP contribution in [0.4, 0.5) is 4.39 Å². The molecule has 2 amide bonds. The number of benzene rings is 2. The second kappa shape index (κ2) is 15.1. The fourth-order valence-corrected chi connectivity index (χ4v) is 6.86. The van der Waals surface area contributed by atoms with Crippen LogP contribution in [0, 0.1) is 11.7 Å². The molecule has 0 atom stereocenters. The predicted molar refractivity (Wildman–Crippen MR) is 171 cm³/mol. The summed E-state index contributed by atoms with van der Waals surface area (Å²) in [5, 5.41) is 12.2. The third-order valence-corrected chi connectivity index (χ3v) is 9.50. The Balaban J connectivity index is 1.25. The molecule has 0 spiro atoms. The fourth-order valence-electron chi connectivity index (χ4n) is 5.56. The molecule has 2 aromatic rings. The normalized spacial score (nSPS) is 21.9. The molecule has 9 nitrogen and oxygen atoms in total. The number of halogens is 1. The van der Waals surface area contributed by atoms with Gasteiger partial charge in [-0.05, 0) is 67.2 Å². The Kier molecular flexibility index (Phi) is 11.0. The monoisotopic (exact) mass is 641 g/mol. The summed E-state index contributed by atoms with van der Waals surface area (Å²) in [7, 11) is 0. The summed E-state index contributed by atoms with van der Waals surface area (Å²) < 4.78 is 25.5. The Labute approximate surface area is 265 Å². The van der Waals surface area contributed by atoms with Gasteiger partial charge in [-0.2, -0.15) is 0 Å². The molecule has 0 radical (unpaired) electrons. The van der Waals surface area contributed by atoms with Crippen molar-refractivity contribution in [3.63, 3.8) is 0 Å². The van der Waals surface area contributed by atoms with E-state index >= 15 is 0 Å². The van der Waals surface area contributed by atoms with Crippen LogP contribution in [0.2, 0.25) is 0 Å². The van der Waals surface area contributed by atoms with E-state index in [4.69, 9.17) is 21.7 Å². The lowest BCUT2D eigenvalue weighted by Gasteiger charge is -2.27. The van der Waals surface area contributed by atoms with E-state index in [0.717, 1.165) is 30.8 Å². The van der Waals surface area contributed by atoms with E-state index < -0.39 is 5.97 Å². The maximum atomic E-state index is 13.6. The minimum Gasteiger partial charge on any atom is -0.492 e. The second-order valence-electron chi connectivity index (χ2n) is 11.1. The van der Waals surface area contributed by atoms with E-state index in [9.17, 15) is 23.9 Å². The van der Waals surface area contributed by atoms with Gasteiger partial charge in [-0.25, -0.2) is 4.39 Å². The molecular formula is C32H36FN3O6S2. The van der Waals surface area contributed by atoms with Gasteiger partial charge in [-0.1, -0.05) is 42.2 Å². The standard InChI is InChI=1S/C32H36FN3O6S2/c33-25-6-1-21(2-7-25)23-5-10-27(42-18-15-35-13-16-41-17-14-35)24(19-23)20-28-30(38)36(32(43)44-28)12-11-29(37)34-26-8-3-22(4-9-26)31(39)40/h1-2,5-7,10,19-20,22,26H,3-4,8-9,11-18H2,(H,34,37)(H,39,40). The lowest BCUT2D eigenvalue weighted by molar-refractivity contribution is -0.142. The van der Waals surface area contributed by atoms with Gasteiger partial charge in [0, 0.05) is 44.2 Å². The summed E-state index contributed by atoms with van der Waals surface area (Å²) in [6.45, 7) is 4.47. The highest BCUT2D eigenvalue weighted by Crippen LogP contribution is 2.36. The molecule has 2 aromatic carbocycles. The first kappa shape index (κ1) is 32.1. The minimum atomic E-state index is -0.786. The van der Waals surface area contributed by atoms with Gasteiger partial charge in [0.15, 0.2) is 0 Å². The van der Waals surface area contributed by atoms with Crippen LogP contribution < -0.4 is 10.1 Å². The second-order valence-corrected chi connectivity index (χ2v) is 12.8. The number of hydrogen-bond acceptors (Lipinski definition) is 8. The average molecular weight is 642 g/mol. The number of carboxylic acid groups (broad SMARTS) is 1. The number of nitrogens with zero attached hydrogens (tertiary/aromatic N) is 2. The molecule has 2 heterocycles. The number of hydrogen-bond donors (Lipinski definition) is 2. The van der Waals surface area contributed by atoms with Crippen LogP contribution in [0.3, 0.4) is 0 Å². The fraction of sp³-hybridized carbons (Fsp3) is 0.438. The van der Waals surface area contributed by atoms with Gasteiger partial charge >= 0.3 is 5.97 Å². The Morgan fingerprint density at radius 3 is 2.48 bits per heavy atom. The van der Waals surface area contributed by atoms with Crippen molar-refractivity contribution in [2.75, 3.05) is 46.0 Å². The topological polar surface area (TPSA) is 108 Å². The van der Waals surface area contributed by atoms with Gasteiger partial charge in [-0.15, -0.1) is 0 Å². The number of carbonyl (C=O) groups is 3. The number of amides is 2. The number of ether oxygens (including phenoxy) is 2. The van der Waals surface area contributed by atoms with Gasteiger partial charge in [-0.3, -0.25) is 24.2 Å². The molecule has 5 rings (SSSR count). The van der Waals surface area contributed by atoms with Crippen LogP contribution in [-0.2, 0) is 19.1 Å². The summed E-state index contributed by atoms with van der Waals surface area (Å²) in [5.41, 5.74) is 2.38. The minimum absolute atomic E-state index is 0.0563. The van der Waals surface area contributed by atoms with Crippen molar-refractivity contribution >= 4 is 52.2 Å². The number of nitrogens with one attached hydrogen (secondary N) is 1. The summed E-state index contributed by atoms with van der Waals surface area (Å²) in [6.07, 6.45) is 4.19. The maximum Gasteiger partial charge on any atom is 0.306 e. The average Bonchev–Trinajstić information content (AvgIpc) is 3.29. The zero-order valence-electron chi connectivity index (χ0n) is 24.3. The molecule has 2 N–H and O–H groups in total. The van der Waals surface area contributed by atoms with Crippen LogP contribution in [-0.4, -0.2) is 89.1 Å². The van der Waals surface area contributed by atoms with E-state index in [1.165, 1.54) is 28.8 Å². The third-order valence-electron chi connectivity index (χ3n) is 8.12. The van der Waals surface area contributed by atoms with Gasteiger partial charge in [0.05, 0.1) is 24.0 Å². The molecular weight excluding hydrogens is 605 g/mol. The molecule has 44 heavy (non-hydrogen) atoms. The van der Waals surface area contributed by atoms with Crippen LogP contribution in [0.5, 0.6) is 5.75 Å². The summed E-state index contributed by atoms with van der Waals surface area (Å²) in [5.74, 6) is -1.31. The molecule has 3 aliphatic rings. The van der Waals surface area contributed by atoms with Gasteiger partial charge in [0.2, 0.25) is 5.91 Å². The van der Waals surface area contributed by atoms with E-state index in [1.807, 2.05) is 18.2 Å². The SMILES string of the molecule is O=C(CCN1C(=O)C(=Cc2cc(-c3ccc(F)cc3)ccc2OCCN2CCOCC2)SC1=S)NC1CCC(C(=O)O)CC1. The molecule has 2 aliphatic heterocycles. The van der Waals surface area contributed by atoms with Crippen LogP contribution >= 0.6 is 24.0 Å². The van der Waals surface area contributed by atoms with Crippen LogP contribution in [0.15, 0.2) is 47.4 Å². The predicted octanol–water partition coefficient (Wildman–Crippen LogP) is 4.55. The molecule has 12 heteroatoms. The van der Waals surface area contributed by atoms with Crippen molar-refractivity contribution in [1.82, 2.24) is 15.1 Å². The summed E-state index contributed by atoms with van der Waals surface area (Å²) in [6, 6.07) is 11.8. The van der Waals surface area contributed by atoms with Gasteiger partial charge < -0.3 is 19.9 Å². The molecule has 0 aromatic heterocycles. The van der Waals surface area contributed by atoms with Crippen molar-refractivity contribution < 1.29 is 33.4 Å². The number of aliphatic carboxylic acids is 1. The maximum absolute atomic E-state index is 13.6. The molecule has 2 saturated heterocycles. The van der Waals surface area contributed by atoms with Crippen molar-refractivity contribution in [3.8, 4) is 16.9 Å². The van der Waals surface area contributed by atoms with Crippen molar-refractivity contribution in [3.05, 3.63) is 58.8 Å². The highest BCUT2D eigenvalue weighted by molar-refractivity contribution is 8.26. The molecule has 0 bridgehead atoms. The quantitative estimate of drug-likeness (QED) is 0.270. The molecule has 0 unspecified atom stereocenters. The molecule has 234 valence electrons. The largest absolute Gasteiger partial charge is 0.492 e.